The Hall–Kier alpha value is -0.0400. The molecule has 1 atom stereocenters. The molecule has 0 saturated carbocycles. The predicted octanol–water partition coefficient (Wildman–Crippen LogP) is 2.79. The van der Waals surface area contributed by atoms with Crippen LogP contribution >= 0.6 is 24.0 Å². The first kappa shape index (κ1) is 19.0. The van der Waals surface area contributed by atoms with Crippen LogP contribution in [0.25, 0.3) is 0 Å². The largest absolute Gasteiger partial charge is 0.357 e. The van der Waals surface area contributed by atoms with Crippen LogP contribution in [0.1, 0.15) is 46.5 Å². The zero-order valence-corrected chi connectivity index (χ0v) is 16.3. The molecule has 2 heterocycles. The maximum absolute atomic E-state index is 4.92. The van der Waals surface area contributed by atoms with E-state index in [9.17, 15) is 0 Å². The lowest BCUT2D eigenvalue weighted by Crippen LogP contribution is -2.41. The molecule has 124 valence electrons. The fourth-order valence-corrected chi connectivity index (χ4v) is 3.36. The van der Waals surface area contributed by atoms with E-state index < -0.39 is 0 Å². The summed E-state index contributed by atoms with van der Waals surface area (Å²) in [6.45, 7) is 13.5. The maximum Gasteiger partial charge on any atom is 0.193 e. The SMILES string of the molecule is CCNC(=NC[C@H]1CCCN1CC(C)C)N1CCCC1.I. The molecule has 21 heavy (non-hydrogen) atoms. The van der Waals surface area contributed by atoms with Crippen molar-refractivity contribution >= 4 is 29.9 Å². The first-order chi connectivity index (χ1) is 9.70. The van der Waals surface area contributed by atoms with Gasteiger partial charge in [0.1, 0.15) is 0 Å². The van der Waals surface area contributed by atoms with E-state index in [1.54, 1.807) is 0 Å². The van der Waals surface area contributed by atoms with E-state index in [-0.39, 0.29) is 24.0 Å². The Balaban J connectivity index is 0.00000220. The Morgan fingerprint density at radius 2 is 1.90 bits per heavy atom. The van der Waals surface area contributed by atoms with E-state index in [1.807, 2.05) is 0 Å². The van der Waals surface area contributed by atoms with Crippen LogP contribution in [0, 0.1) is 5.92 Å². The lowest BCUT2D eigenvalue weighted by atomic mass is 10.2. The molecule has 4 nitrogen and oxygen atoms in total. The van der Waals surface area contributed by atoms with Crippen molar-refractivity contribution in [1.29, 1.82) is 0 Å². The molecule has 5 heteroatoms. The Kier molecular flexibility index (Phi) is 8.94. The van der Waals surface area contributed by atoms with Gasteiger partial charge in [-0.3, -0.25) is 9.89 Å². The summed E-state index contributed by atoms with van der Waals surface area (Å²) < 4.78 is 0. The molecular weight excluding hydrogens is 375 g/mol. The van der Waals surface area contributed by atoms with Crippen LogP contribution in [0.4, 0.5) is 0 Å². The van der Waals surface area contributed by atoms with Crippen molar-refractivity contribution in [2.45, 2.75) is 52.5 Å². The number of aliphatic imine (C=N–C) groups is 1. The molecule has 2 rings (SSSR count). The zero-order valence-electron chi connectivity index (χ0n) is 14.0. The van der Waals surface area contributed by atoms with Gasteiger partial charge in [-0.15, -0.1) is 24.0 Å². The minimum absolute atomic E-state index is 0. The Morgan fingerprint density at radius 3 is 2.52 bits per heavy atom. The van der Waals surface area contributed by atoms with E-state index in [1.165, 1.54) is 51.9 Å². The van der Waals surface area contributed by atoms with Crippen molar-refractivity contribution in [3.63, 3.8) is 0 Å². The molecular formula is C16H33IN4. The van der Waals surface area contributed by atoms with Crippen molar-refractivity contribution in [2.75, 3.05) is 39.3 Å². The van der Waals surface area contributed by atoms with Crippen LogP contribution in [0.15, 0.2) is 4.99 Å². The summed E-state index contributed by atoms with van der Waals surface area (Å²) in [5.41, 5.74) is 0. The average molecular weight is 408 g/mol. The molecule has 2 aliphatic heterocycles. The highest BCUT2D eigenvalue weighted by Crippen LogP contribution is 2.19. The molecule has 0 aliphatic carbocycles. The van der Waals surface area contributed by atoms with Gasteiger partial charge >= 0.3 is 0 Å². The van der Waals surface area contributed by atoms with E-state index in [4.69, 9.17) is 4.99 Å². The molecule has 2 fully saturated rings. The van der Waals surface area contributed by atoms with Crippen LogP contribution in [0.2, 0.25) is 0 Å². The van der Waals surface area contributed by atoms with Crippen molar-refractivity contribution in [1.82, 2.24) is 15.1 Å². The third-order valence-electron chi connectivity index (χ3n) is 4.29. The second kappa shape index (κ2) is 9.87. The van der Waals surface area contributed by atoms with Crippen LogP contribution in [-0.4, -0.2) is 61.1 Å². The molecule has 2 saturated heterocycles. The predicted molar refractivity (Wildman–Crippen MR) is 102 cm³/mol. The number of hydrogen-bond donors (Lipinski definition) is 1. The van der Waals surface area contributed by atoms with Crippen LogP contribution < -0.4 is 5.32 Å². The first-order valence-corrected chi connectivity index (χ1v) is 8.48. The van der Waals surface area contributed by atoms with Gasteiger partial charge in [0.25, 0.3) is 0 Å². The van der Waals surface area contributed by atoms with Crippen molar-refractivity contribution in [3.8, 4) is 0 Å². The van der Waals surface area contributed by atoms with Gasteiger partial charge in [-0.2, -0.15) is 0 Å². The Morgan fingerprint density at radius 1 is 1.19 bits per heavy atom. The van der Waals surface area contributed by atoms with Crippen LogP contribution in [-0.2, 0) is 0 Å². The molecule has 0 aromatic rings. The molecule has 0 spiro atoms. The van der Waals surface area contributed by atoms with Gasteiger partial charge in [0.15, 0.2) is 5.96 Å². The molecule has 2 aliphatic rings. The van der Waals surface area contributed by atoms with E-state index in [0.29, 0.717) is 6.04 Å². The normalized spacial score (nSPS) is 23.7. The number of guanidine groups is 1. The minimum atomic E-state index is 0. The molecule has 0 amide bonds. The fourth-order valence-electron chi connectivity index (χ4n) is 3.36. The van der Waals surface area contributed by atoms with E-state index in [2.05, 4.69) is 35.9 Å². The van der Waals surface area contributed by atoms with Gasteiger partial charge in [0, 0.05) is 32.2 Å². The molecule has 0 aromatic heterocycles. The third kappa shape index (κ3) is 5.93. The van der Waals surface area contributed by atoms with Gasteiger partial charge in [-0.1, -0.05) is 13.8 Å². The maximum atomic E-state index is 4.92. The third-order valence-corrected chi connectivity index (χ3v) is 4.29. The van der Waals surface area contributed by atoms with Crippen LogP contribution in [0.5, 0.6) is 0 Å². The van der Waals surface area contributed by atoms with E-state index >= 15 is 0 Å². The van der Waals surface area contributed by atoms with Crippen LogP contribution in [0.3, 0.4) is 0 Å². The molecule has 1 N–H and O–H groups in total. The summed E-state index contributed by atoms with van der Waals surface area (Å²) in [7, 11) is 0. The molecule has 0 radical (unpaired) electrons. The number of hydrogen-bond acceptors (Lipinski definition) is 2. The second-order valence-corrected chi connectivity index (χ2v) is 6.57. The van der Waals surface area contributed by atoms with Crippen molar-refractivity contribution in [2.24, 2.45) is 10.9 Å². The monoisotopic (exact) mass is 408 g/mol. The van der Waals surface area contributed by atoms with Gasteiger partial charge in [-0.25, -0.2) is 0 Å². The zero-order chi connectivity index (χ0) is 14.4. The summed E-state index contributed by atoms with van der Waals surface area (Å²) in [4.78, 5) is 9.99. The summed E-state index contributed by atoms with van der Waals surface area (Å²) in [5.74, 6) is 1.90. The van der Waals surface area contributed by atoms with Crippen molar-refractivity contribution in [3.05, 3.63) is 0 Å². The quantitative estimate of drug-likeness (QED) is 0.431. The van der Waals surface area contributed by atoms with Gasteiger partial charge in [0.2, 0.25) is 0 Å². The van der Waals surface area contributed by atoms with Gasteiger partial charge in [-0.05, 0) is 45.1 Å². The molecule has 0 bridgehead atoms. The fraction of sp³-hybridized carbons (Fsp3) is 0.938. The average Bonchev–Trinajstić information content (AvgIpc) is 3.05. The number of nitrogens with zero attached hydrogens (tertiary/aromatic N) is 3. The smallest absolute Gasteiger partial charge is 0.193 e. The Labute approximate surface area is 147 Å². The number of likely N-dealkylation sites (tertiary alicyclic amines) is 2. The minimum Gasteiger partial charge on any atom is -0.357 e. The van der Waals surface area contributed by atoms with E-state index in [0.717, 1.165) is 25.0 Å². The lowest BCUT2D eigenvalue weighted by Gasteiger charge is -2.26. The van der Waals surface area contributed by atoms with Crippen molar-refractivity contribution < 1.29 is 0 Å². The Bertz CT molecular complexity index is 313. The summed E-state index contributed by atoms with van der Waals surface area (Å²) >= 11 is 0. The topological polar surface area (TPSA) is 30.9 Å². The van der Waals surface area contributed by atoms with Gasteiger partial charge < -0.3 is 10.2 Å². The summed E-state index contributed by atoms with van der Waals surface area (Å²) in [6, 6.07) is 0.661. The number of halogens is 1. The number of rotatable bonds is 5. The lowest BCUT2D eigenvalue weighted by molar-refractivity contribution is 0.230. The molecule has 0 aromatic carbocycles. The molecule has 0 unspecified atom stereocenters. The summed E-state index contributed by atoms with van der Waals surface area (Å²) in [6.07, 6.45) is 5.28. The first-order valence-electron chi connectivity index (χ1n) is 8.48. The number of nitrogens with one attached hydrogen (secondary N) is 1. The second-order valence-electron chi connectivity index (χ2n) is 6.57. The highest BCUT2D eigenvalue weighted by molar-refractivity contribution is 14.0. The standard InChI is InChI=1S/C16H32N4.HI/c1-4-17-16(19-9-5-6-10-19)18-12-15-8-7-11-20(15)13-14(2)3;/h14-15H,4-13H2,1-3H3,(H,17,18);1H/t15-;/m1./s1. The van der Waals surface area contributed by atoms with Gasteiger partial charge in [0.05, 0.1) is 6.54 Å². The highest BCUT2D eigenvalue weighted by atomic mass is 127. The highest BCUT2D eigenvalue weighted by Gasteiger charge is 2.25. The summed E-state index contributed by atoms with van der Waals surface area (Å²) in [5, 5.41) is 3.46.